The van der Waals surface area contributed by atoms with Crippen LogP contribution in [0.2, 0.25) is 10.0 Å². The van der Waals surface area contributed by atoms with Gasteiger partial charge in [0.1, 0.15) is 5.70 Å². The molecule has 2 aliphatic rings. The van der Waals surface area contributed by atoms with Crippen molar-refractivity contribution in [3.63, 3.8) is 0 Å². The number of benzene rings is 1. The number of amides is 2. The minimum absolute atomic E-state index is 0.0564. The lowest BCUT2D eigenvalue weighted by Gasteiger charge is -2.37. The summed E-state index contributed by atoms with van der Waals surface area (Å²) in [5, 5.41) is 0.798. The largest absolute Gasteiger partial charge is 0.383 e. The van der Waals surface area contributed by atoms with Crippen LogP contribution in [-0.2, 0) is 19.1 Å². The van der Waals surface area contributed by atoms with Crippen LogP contribution < -0.4 is 0 Å². The SMILES string of the molecule is COCCN1C(=O)C(c2ccc(Cl)cc2Cl)=C(N2CC(C)OC(C)C2)C1=O. The third-order valence-corrected chi connectivity index (χ3v) is 5.15. The highest BCUT2D eigenvalue weighted by Gasteiger charge is 2.43. The first-order chi connectivity index (χ1) is 12.8. The predicted octanol–water partition coefficient (Wildman–Crippen LogP) is 2.83. The molecule has 3 rings (SSSR count). The molecule has 1 aromatic rings. The van der Waals surface area contributed by atoms with E-state index in [1.807, 2.05) is 18.7 Å². The lowest BCUT2D eigenvalue weighted by atomic mass is 10.0. The molecule has 6 nitrogen and oxygen atoms in total. The van der Waals surface area contributed by atoms with E-state index in [4.69, 9.17) is 32.7 Å². The van der Waals surface area contributed by atoms with Gasteiger partial charge in [-0.3, -0.25) is 14.5 Å². The number of imide groups is 1. The summed E-state index contributed by atoms with van der Waals surface area (Å²) in [5.41, 5.74) is 1.17. The van der Waals surface area contributed by atoms with E-state index in [1.165, 1.54) is 12.0 Å². The van der Waals surface area contributed by atoms with Crippen molar-refractivity contribution in [2.45, 2.75) is 26.1 Å². The van der Waals surface area contributed by atoms with E-state index >= 15 is 0 Å². The van der Waals surface area contributed by atoms with Gasteiger partial charge in [-0.25, -0.2) is 0 Å². The number of ether oxygens (including phenoxy) is 2. The Hall–Kier alpha value is -1.60. The van der Waals surface area contributed by atoms with Crippen LogP contribution >= 0.6 is 23.2 Å². The first kappa shape index (κ1) is 20.1. The number of carbonyl (C=O) groups excluding carboxylic acids is 2. The van der Waals surface area contributed by atoms with Gasteiger partial charge in [0.25, 0.3) is 11.8 Å². The molecule has 27 heavy (non-hydrogen) atoms. The van der Waals surface area contributed by atoms with Gasteiger partial charge in [0, 0.05) is 30.8 Å². The Morgan fingerprint density at radius 1 is 1.15 bits per heavy atom. The maximum atomic E-state index is 13.1. The first-order valence-electron chi connectivity index (χ1n) is 8.78. The highest BCUT2D eigenvalue weighted by Crippen LogP contribution is 2.37. The van der Waals surface area contributed by atoms with Crippen molar-refractivity contribution in [2.24, 2.45) is 0 Å². The molecule has 0 aromatic heterocycles. The Balaban J connectivity index is 2.09. The zero-order valence-electron chi connectivity index (χ0n) is 15.5. The molecule has 1 aromatic carbocycles. The van der Waals surface area contributed by atoms with Crippen LogP contribution in [0.1, 0.15) is 19.4 Å². The standard InChI is InChI=1S/C19H22Cl2N2O4/c1-11-9-22(10-12(2)27-11)17-16(14-5-4-13(20)8-15(14)21)18(24)23(19(17)25)6-7-26-3/h4-5,8,11-12H,6-7,9-10H2,1-3H3. The molecule has 0 aliphatic carbocycles. The lowest BCUT2D eigenvalue weighted by Crippen LogP contribution is -2.47. The van der Waals surface area contributed by atoms with Crippen molar-refractivity contribution in [1.29, 1.82) is 0 Å². The molecular formula is C19H22Cl2N2O4. The van der Waals surface area contributed by atoms with E-state index in [0.29, 0.717) is 40.0 Å². The van der Waals surface area contributed by atoms with Crippen LogP contribution in [0.5, 0.6) is 0 Å². The predicted molar refractivity (Wildman–Crippen MR) is 104 cm³/mol. The molecule has 0 N–H and O–H groups in total. The average Bonchev–Trinajstić information content (AvgIpc) is 2.83. The van der Waals surface area contributed by atoms with E-state index in [2.05, 4.69) is 0 Å². The fraction of sp³-hybridized carbons (Fsp3) is 0.474. The van der Waals surface area contributed by atoms with Gasteiger partial charge < -0.3 is 14.4 Å². The van der Waals surface area contributed by atoms with Gasteiger partial charge in [0.05, 0.1) is 36.0 Å². The van der Waals surface area contributed by atoms with Crippen molar-refractivity contribution < 1.29 is 19.1 Å². The van der Waals surface area contributed by atoms with Gasteiger partial charge in [-0.1, -0.05) is 29.3 Å². The van der Waals surface area contributed by atoms with Crippen LogP contribution in [0.3, 0.4) is 0 Å². The summed E-state index contributed by atoms with van der Waals surface area (Å²) in [7, 11) is 1.53. The number of halogens is 2. The molecule has 2 heterocycles. The van der Waals surface area contributed by atoms with Gasteiger partial charge in [0.15, 0.2) is 0 Å². The quantitative estimate of drug-likeness (QED) is 0.695. The molecule has 2 amide bonds. The maximum absolute atomic E-state index is 13.1. The molecular weight excluding hydrogens is 391 g/mol. The third kappa shape index (κ3) is 3.99. The average molecular weight is 413 g/mol. The van der Waals surface area contributed by atoms with Gasteiger partial charge in [0.2, 0.25) is 0 Å². The molecule has 1 fully saturated rings. The maximum Gasteiger partial charge on any atom is 0.277 e. The molecule has 2 unspecified atom stereocenters. The number of methoxy groups -OCH3 is 1. The summed E-state index contributed by atoms with van der Waals surface area (Å²) >= 11 is 12.4. The second-order valence-corrected chi connectivity index (χ2v) is 7.61. The third-order valence-electron chi connectivity index (χ3n) is 4.60. The van der Waals surface area contributed by atoms with Crippen molar-refractivity contribution in [2.75, 3.05) is 33.4 Å². The Kier molecular flexibility index (Phi) is 6.11. The van der Waals surface area contributed by atoms with Crippen molar-refractivity contribution in [3.05, 3.63) is 39.5 Å². The number of nitrogens with zero attached hydrogens (tertiary/aromatic N) is 2. The minimum atomic E-state index is -0.372. The van der Waals surface area contributed by atoms with Crippen molar-refractivity contribution in [1.82, 2.24) is 9.80 Å². The molecule has 146 valence electrons. The number of rotatable bonds is 5. The monoisotopic (exact) mass is 412 g/mol. The molecule has 0 radical (unpaired) electrons. The molecule has 0 spiro atoms. The van der Waals surface area contributed by atoms with Crippen LogP contribution in [0.25, 0.3) is 5.57 Å². The summed E-state index contributed by atoms with van der Waals surface area (Å²) < 4.78 is 10.8. The van der Waals surface area contributed by atoms with Gasteiger partial charge in [-0.2, -0.15) is 0 Å². The summed E-state index contributed by atoms with van der Waals surface area (Å²) in [6.07, 6.45) is -0.113. The van der Waals surface area contributed by atoms with Gasteiger partial charge in [-0.05, 0) is 26.0 Å². The van der Waals surface area contributed by atoms with Gasteiger partial charge >= 0.3 is 0 Å². The van der Waals surface area contributed by atoms with E-state index in [-0.39, 0.29) is 37.2 Å². The van der Waals surface area contributed by atoms with Crippen LogP contribution in [-0.4, -0.2) is 67.2 Å². The molecule has 2 atom stereocenters. The molecule has 1 saturated heterocycles. The van der Waals surface area contributed by atoms with E-state index in [0.717, 1.165) is 0 Å². The Bertz CT molecular complexity index is 786. The number of morpholine rings is 1. The zero-order valence-corrected chi connectivity index (χ0v) is 17.0. The summed E-state index contributed by atoms with van der Waals surface area (Å²) in [5.74, 6) is -0.706. The van der Waals surface area contributed by atoms with E-state index < -0.39 is 0 Å². The van der Waals surface area contributed by atoms with Crippen LogP contribution in [0, 0.1) is 0 Å². The van der Waals surface area contributed by atoms with Crippen molar-refractivity contribution in [3.8, 4) is 0 Å². The molecule has 0 saturated carbocycles. The number of carbonyl (C=O) groups is 2. The Morgan fingerprint density at radius 3 is 2.41 bits per heavy atom. The van der Waals surface area contributed by atoms with E-state index in [9.17, 15) is 9.59 Å². The summed E-state index contributed by atoms with van der Waals surface area (Å²) in [4.78, 5) is 29.4. The zero-order chi connectivity index (χ0) is 19.7. The Labute approximate surface area is 168 Å². The molecule has 0 bridgehead atoms. The Morgan fingerprint density at radius 2 is 1.81 bits per heavy atom. The summed E-state index contributed by atoms with van der Waals surface area (Å²) in [6, 6.07) is 4.91. The first-order valence-corrected chi connectivity index (χ1v) is 9.54. The van der Waals surface area contributed by atoms with Gasteiger partial charge in [-0.15, -0.1) is 0 Å². The second kappa shape index (κ2) is 8.19. The van der Waals surface area contributed by atoms with E-state index in [1.54, 1.807) is 18.2 Å². The minimum Gasteiger partial charge on any atom is -0.383 e. The molecule has 2 aliphatic heterocycles. The fourth-order valence-corrected chi connectivity index (χ4v) is 4.04. The summed E-state index contributed by atoms with van der Waals surface area (Å²) in [6.45, 7) is 5.38. The second-order valence-electron chi connectivity index (χ2n) is 6.76. The van der Waals surface area contributed by atoms with Crippen molar-refractivity contribution >= 4 is 40.6 Å². The highest BCUT2D eigenvalue weighted by molar-refractivity contribution is 6.41. The topological polar surface area (TPSA) is 59.1 Å². The number of hydrogen-bond donors (Lipinski definition) is 0. The van der Waals surface area contributed by atoms with Crippen LogP contribution in [0.4, 0.5) is 0 Å². The highest BCUT2D eigenvalue weighted by atomic mass is 35.5. The number of hydrogen-bond acceptors (Lipinski definition) is 5. The smallest absolute Gasteiger partial charge is 0.277 e. The lowest BCUT2D eigenvalue weighted by molar-refractivity contribution is -0.139. The molecule has 8 heteroatoms. The van der Waals surface area contributed by atoms with Crippen LogP contribution in [0.15, 0.2) is 23.9 Å². The fourth-order valence-electron chi connectivity index (χ4n) is 3.54. The normalized spacial score (nSPS) is 23.6.